The standard InChI is InChI=1S/C12H16ClNO2/c1-16-11-5-4-10(15)9(12(11)13)7-8-3-2-6-14-8/h4-5,8,14-15H,2-3,6-7H2,1H3. The van der Waals surface area contributed by atoms with Gasteiger partial charge in [0.05, 0.1) is 12.1 Å². The van der Waals surface area contributed by atoms with Gasteiger partial charge < -0.3 is 15.2 Å². The van der Waals surface area contributed by atoms with Gasteiger partial charge in [-0.15, -0.1) is 0 Å². The first-order valence-corrected chi connectivity index (χ1v) is 5.88. The number of nitrogens with one attached hydrogen (secondary N) is 1. The number of hydrogen-bond donors (Lipinski definition) is 2. The van der Waals surface area contributed by atoms with E-state index < -0.39 is 0 Å². The van der Waals surface area contributed by atoms with E-state index in [-0.39, 0.29) is 5.75 Å². The summed E-state index contributed by atoms with van der Waals surface area (Å²) in [4.78, 5) is 0. The summed E-state index contributed by atoms with van der Waals surface area (Å²) in [6, 6.07) is 3.73. The van der Waals surface area contributed by atoms with Crippen LogP contribution >= 0.6 is 11.6 Å². The quantitative estimate of drug-likeness (QED) is 0.854. The predicted molar refractivity (Wildman–Crippen MR) is 64.4 cm³/mol. The van der Waals surface area contributed by atoms with Crippen LogP contribution in [0.4, 0.5) is 0 Å². The summed E-state index contributed by atoms with van der Waals surface area (Å²) in [5, 5.41) is 13.7. The van der Waals surface area contributed by atoms with Crippen molar-refractivity contribution in [2.24, 2.45) is 0 Å². The fourth-order valence-electron chi connectivity index (χ4n) is 2.12. The number of rotatable bonds is 3. The molecule has 1 saturated heterocycles. The van der Waals surface area contributed by atoms with Crippen LogP contribution in [-0.4, -0.2) is 24.8 Å². The molecule has 0 spiro atoms. The van der Waals surface area contributed by atoms with Crippen LogP contribution in [0.1, 0.15) is 18.4 Å². The molecule has 2 N–H and O–H groups in total. The maximum atomic E-state index is 9.80. The summed E-state index contributed by atoms with van der Waals surface area (Å²) in [7, 11) is 1.58. The Bertz CT molecular complexity index is 376. The topological polar surface area (TPSA) is 41.5 Å². The first-order chi connectivity index (χ1) is 7.72. The van der Waals surface area contributed by atoms with E-state index in [0.717, 1.165) is 24.9 Å². The second kappa shape index (κ2) is 4.93. The number of hydrogen-bond acceptors (Lipinski definition) is 3. The number of benzene rings is 1. The SMILES string of the molecule is COc1ccc(O)c(CC2CCCN2)c1Cl. The third kappa shape index (κ3) is 2.25. The number of halogens is 1. The normalized spacial score (nSPS) is 20.0. The molecule has 1 unspecified atom stereocenters. The van der Waals surface area contributed by atoms with Gasteiger partial charge in [-0.05, 0) is 37.9 Å². The van der Waals surface area contributed by atoms with E-state index in [4.69, 9.17) is 16.3 Å². The Hall–Kier alpha value is -0.930. The smallest absolute Gasteiger partial charge is 0.138 e. The molecule has 1 heterocycles. The van der Waals surface area contributed by atoms with Gasteiger partial charge in [0, 0.05) is 11.6 Å². The van der Waals surface area contributed by atoms with Gasteiger partial charge in [0.2, 0.25) is 0 Å². The average Bonchev–Trinajstić information content (AvgIpc) is 2.77. The largest absolute Gasteiger partial charge is 0.508 e. The van der Waals surface area contributed by atoms with Crippen molar-refractivity contribution < 1.29 is 9.84 Å². The van der Waals surface area contributed by atoms with Crippen LogP contribution in [0.2, 0.25) is 5.02 Å². The summed E-state index contributed by atoms with van der Waals surface area (Å²) in [6.45, 7) is 1.05. The minimum absolute atomic E-state index is 0.250. The van der Waals surface area contributed by atoms with Gasteiger partial charge in [0.1, 0.15) is 11.5 Å². The Balaban J connectivity index is 2.23. The molecule has 0 radical (unpaired) electrons. The number of phenolic OH excluding ortho intramolecular Hbond substituents is 1. The number of aromatic hydroxyl groups is 1. The van der Waals surface area contributed by atoms with E-state index in [0.29, 0.717) is 16.8 Å². The Labute approximate surface area is 100 Å². The molecule has 3 nitrogen and oxygen atoms in total. The van der Waals surface area contributed by atoms with E-state index in [9.17, 15) is 5.11 Å². The van der Waals surface area contributed by atoms with Gasteiger partial charge in [-0.2, -0.15) is 0 Å². The highest BCUT2D eigenvalue weighted by Gasteiger charge is 2.19. The first-order valence-electron chi connectivity index (χ1n) is 5.50. The third-order valence-electron chi connectivity index (χ3n) is 3.02. The van der Waals surface area contributed by atoms with Crippen LogP contribution in [-0.2, 0) is 6.42 Å². The number of phenols is 1. The molecule has 0 bridgehead atoms. The molecule has 4 heteroatoms. The lowest BCUT2D eigenvalue weighted by atomic mass is 10.0. The summed E-state index contributed by atoms with van der Waals surface area (Å²) < 4.78 is 5.14. The molecule has 1 fully saturated rings. The highest BCUT2D eigenvalue weighted by molar-refractivity contribution is 6.33. The maximum absolute atomic E-state index is 9.80. The molecular weight excluding hydrogens is 226 g/mol. The molecule has 1 aliphatic heterocycles. The van der Waals surface area contributed by atoms with Gasteiger partial charge in [-0.25, -0.2) is 0 Å². The van der Waals surface area contributed by atoms with Gasteiger partial charge in [0.25, 0.3) is 0 Å². The Morgan fingerprint density at radius 3 is 3.00 bits per heavy atom. The summed E-state index contributed by atoms with van der Waals surface area (Å²) in [5.74, 6) is 0.868. The zero-order valence-electron chi connectivity index (χ0n) is 9.29. The minimum Gasteiger partial charge on any atom is -0.508 e. The Morgan fingerprint density at radius 2 is 2.38 bits per heavy atom. The van der Waals surface area contributed by atoms with Crippen molar-refractivity contribution >= 4 is 11.6 Å². The van der Waals surface area contributed by atoms with Crippen LogP contribution in [0.5, 0.6) is 11.5 Å². The molecule has 1 aliphatic rings. The van der Waals surface area contributed by atoms with Crippen LogP contribution in [0, 0.1) is 0 Å². The monoisotopic (exact) mass is 241 g/mol. The average molecular weight is 242 g/mol. The van der Waals surface area contributed by atoms with Crippen molar-refractivity contribution in [1.29, 1.82) is 0 Å². The van der Waals surface area contributed by atoms with Crippen LogP contribution in [0.15, 0.2) is 12.1 Å². The van der Waals surface area contributed by atoms with Crippen molar-refractivity contribution in [3.05, 3.63) is 22.7 Å². The second-order valence-corrected chi connectivity index (χ2v) is 4.45. The summed E-state index contributed by atoms with van der Waals surface area (Å²) in [5.41, 5.74) is 0.778. The molecular formula is C12H16ClNO2. The fraction of sp³-hybridized carbons (Fsp3) is 0.500. The van der Waals surface area contributed by atoms with Gasteiger partial charge >= 0.3 is 0 Å². The summed E-state index contributed by atoms with van der Waals surface area (Å²) in [6.07, 6.45) is 3.07. The lowest BCUT2D eigenvalue weighted by Gasteiger charge is -2.14. The highest BCUT2D eigenvalue weighted by Crippen LogP contribution is 2.35. The van der Waals surface area contributed by atoms with Crippen molar-refractivity contribution in [2.45, 2.75) is 25.3 Å². The van der Waals surface area contributed by atoms with Crippen LogP contribution in [0.25, 0.3) is 0 Å². The molecule has 1 aromatic rings. The predicted octanol–water partition coefficient (Wildman–Crippen LogP) is 2.35. The van der Waals surface area contributed by atoms with Crippen LogP contribution < -0.4 is 10.1 Å². The zero-order chi connectivity index (χ0) is 11.5. The van der Waals surface area contributed by atoms with Crippen molar-refractivity contribution in [3.8, 4) is 11.5 Å². The van der Waals surface area contributed by atoms with Crippen LogP contribution in [0.3, 0.4) is 0 Å². The lowest BCUT2D eigenvalue weighted by molar-refractivity contribution is 0.410. The van der Waals surface area contributed by atoms with E-state index in [2.05, 4.69) is 5.32 Å². The number of ether oxygens (including phenoxy) is 1. The van der Waals surface area contributed by atoms with Gasteiger partial charge in [0.15, 0.2) is 0 Å². The van der Waals surface area contributed by atoms with Crippen molar-refractivity contribution in [1.82, 2.24) is 5.32 Å². The van der Waals surface area contributed by atoms with Gasteiger partial charge in [-0.3, -0.25) is 0 Å². The fourth-order valence-corrected chi connectivity index (χ4v) is 2.43. The highest BCUT2D eigenvalue weighted by atomic mass is 35.5. The molecule has 2 rings (SSSR count). The van der Waals surface area contributed by atoms with E-state index in [1.54, 1.807) is 19.2 Å². The Kier molecular flexibility index (Phi) is 3.56. The van der Waals surface area contributed by atoms with E-state index in [1.807, 2.05) is 0 Å². The van der Waals surface area contributed by atoms with E-state index >= 15 is 0 Å². The molecule has 1 atom stereocenters. The molecule has 88 valence electrons. The number of methoxy groups -OCH3 is 1. The first kappa shape index (κ1) is 11.6. The minimum atomic E-state index is 0.250. The molecule has 0 aromatic heterocycles. The van der Waals surface area contributed by atoms with Gasteiger partial charge in [-0.1, -0.05) is 11.6 Å². The van der Waals surface area contributed by atoms with E-state index in [1.165, 1.54) is 6.42 Å². The molecule has 0 amide bonds. The lowest BCUT2D eigenvalue weighted by Crippen LogP contribution is -2.23. The molecule has 0 saturated carbocycles. The second-order valence-electron chi connectivity index (χ2n) is 4.08. The Morgan fingerprint density at radius 1 is 1.56 bits per heavy atom. The molecule has 0 aliphatic carbocycles. The third-order valence-corrected chi connectivity index (χ3v) is 3.43. The van der Waals surface area contributed by atoms with Crippen molar-refractivity contribution in [3.63, 3.8) is 0 Å². The van der Waals surface area contributed by atoms with Crippen molar-refractivity contribution in [2.75, 3.05) is 13.7 Å². The molecule has 1 aromatic carbocycles. The summed E-state index contributed by atoms with van der Waals surface area (Å²) >= 11 is 6.18. The zero-order valence-corrected chi connectivity index (χ0v) is 10.0. The molecule has 16 heavy (non-hydrogen) atoms. The maximum Gasteiger partial charge on any atom is 0.138 e.